The van der Waals surface area contributed by atoms with Gasteiger partial charge in [-0.3, -0.25) is 4.79 Å². The average Bonchev–Trinajstić information content (AvgIpc) is 2.17. The van der Waals surface area contributed by atoms with E-state index >= 15 is 0 Å². The van der Waals surface area contributed by atoms with Crippen LogP contribution in [-0.4, -0.2) is 27.7 Å². The van der Waals surface area contributed by atoms with Gasteiger partial charge >= 0.3 is 0 Å². The van der Waals surface area contributed by atoms with Gasteiger partial charge in [0.25, 0.3) is 0 Å². The first kappa shape index (κ1) is 10.5. The monoisotopic (exact) mass is 259 g/mol. The van der Waals surface area contributed by atoms with Crippen LogP contribution in [0.4, 0.5) is 0 Å². The Morgan fingerprint density at radius 1 is 1.29 bits per heavy atom. The molecular formula is C11H18BrNO. The second kappa shape index (κ2) is 3.51. The molecule has 2 aliphatic heterocycles. The Kier molecular flexibility index (Phi) is 2.63. The van der Waals surface area contributed by atoms with Crippen LogP contribution in [0.2, 0.25) is 0 Å². The van der Waals surface area contributed by atoms with Gasteiger partial charge in [0, 0.05) is 12.6 Å². The van der Waals surface area contributed by atoms with Gasteiger partial charge in [0.1, 0.15) is 0 Å². The number of nitrogens with zero attached hydrogens (tertiary/aromatic N) is 1. The Morgan fingerprint density at radius 3 is 2.21 bits per heavy atom. The number of carbonyl (C=O) groups is 1. The van der Waals surface area contributed by atoms with Crippen LogP contribution < -0.4 is 0 Å². The molecule has 0 unspecified atom stereocenters. The lowest BCUT2D eigenvalue weighted by molar-refractivity contribution is -0.140. The summed E-state index contributed by atoms with van der Waals surface area (Å²) in [6.07, 6.45) is 5.10. The largest absolute Gasteiger partial charge is 0.338 e. The van der Waals surface area contributed by atoms with E-state index in [4.69, 9.17) is 0 Å². The van der Waals surface area contributed by atoms with Crippen LogP contribution in [0.25, 0.3) is 0 Å². The normalized spacial score (nSPS) is 32.1. The van der Waals surface area contributed by atoms with Crippen LogP contribution in [0.15, 0.2) is 0 Å². The summed E-state index contributed by atoms with van der Waals surface area (Å²) in [5.74, 6) is 1.05. The molecule has 0 aromatic heterocycles. The second-order valence-corrected chi connectivity index (χ2v) is 7.09. The van der Waals surface area contributed by atoms with Crippen LogP contribution in [0.1, 0.15) is 39.5 Å². The number of rotatable bonds is 1. The minimum atomic E-state index is -0.384. The molecule has 80 valence electrons. The number of carbonyl (C=O) groups excluding carboxylic acids is 1. The summed E-state index contributed by atoms with van der Waals surface area (Å²) >= 11 is 3.46. The van der Waals surface area contributed by atoms with Crippen molar-refractivity contribution in [1.29, 1.82) is 0 Å². The van der Waals surface area contributed by atoms with E-state index in [2.05, 4.69) is 20.8 Å². The summed E-state index contributed by atoms with van der Waals surface area (Å²) in [5.41, 5.74) is 0. The van der Waals surface area contributed by atoms with Crippen LogP contribution in [0.5, 0.6) is 0 Å². The Morgan fingerprint density at radius 2 is 1.86 bits per heavy atom. The standard InChI is InChI=1S/C11H18BrNO/c1-11(2,12)10(14)13-7-8-3-5-9(13)6-4-8/h8-9H,3-7H2,1-2H3. The molecule has 3 fully saturated rings. The van der Waals surface area contributed by atoms with Crippen molar-refractivity contribution in [2.24, 2.45) is 5.92 Å². The third-order valence-corrected chi connectivity index (χ3v) is 3.82. The molecule has 1 saturated carbocycles. The number of hydrogen-bond donors (Lipinski definition) is 0. The van der Waals surface area contributed by atoms with Crippen LogP contribution in [0, 0.1) is 5.92 Å². The minimum Gasteiger partial charge on any atom is -0.338 e. The van der Waals surface area contributed by atoms with Gasteiger partial charge in [-0.2, -0.15) is 0 Å². The molecule has 0 radical (unpaired) electrons. The number of fused-ring (bicyclic) bond motifs is 3. The predicted octanol–water partition coefficient (Wildman–Crippen LogP) is 2.56. The molecule has 0 aromatic rings. The Hall–Kier alpha value is -0.0500. The number of alkyl halides is 1. The number of hydrogen-bond acceptors (Lipinski definition) is 1. The molecule has 0 N–H and O–H groups in total. The van der Waals surface area contributed by atoms with Gasteiger partial charge in [0.15, 0.2) is 0 Å². The topological polar surface area (TPSA) is 20.3 Å². The smallest absolute Gasteiger partial charge is 0.239 e. The molecule has 0 spiro atoms. The lowest BCUT2D eigenvalue weighted by Crippen LogP contribution is -2.54. The van der Waals surface area contributed by atoms with Crippen molar-refractivity contribution in [2.45, 2.75) is 49.9 Å². The highest BCUT2D eigenvalue weighted by molar-refractivity contribution is 9.10. The summed E-state index contributed by atoms with van der Waals surface area (Å²) < 4.78 is -0.384. The number of amides is 1. The zero-order chi connectivity index (χ0) is 10.3. The Balaban J connectivity index is 2.09. The SMILES string of the molecule is CC(C)(Br)C(=O)N1CC2CCC1CC2. The molecular weight excluding hydrogens is 242 g/mol. The Labute approximate surface area is 94.2 Å². The summed E-state index contributed by atoms with van der Waals surface area (Å²) in [4.78, 5) is 14.2. The third-order valence-electron chi connectivity index (χ3n) is 3.48. The van der Waals surface area contributed by atoms with Gasteiger partial charge in [0.2, 0.25) is 5.91 Å². The first-order valence-corrected chi connectivity index (χ1v) is 6.28. The lowest BCUT2D eigenvalue weighted by atomic mass is 9.79. The van der Waals surface area contributed by atoms with E-state index in [9.17, 15) is 4.79 Å². The highest BCUT2D eigenvalue weighted by atomic mass is 79.9. The maximum Gasteiger partial charge on any atom is 0.239 e. The molecule has 0 atom stereocenters. The molecule has 14 heavy (non-hydrogen) atoms. The molecule has 3 heteroatoms. The van der Waals surface area contributed by atoms with Gasteiger partial charge in [-0.25, -0.2) is 0 Å². The van der Waals surface area contributed by atoms with Crippen LogP contribution in [0.3, 0.4) is 0 Å². The van der Waals surface area contributed by atoms with E-state index in [1.165, 1.54) is 25.7 Å². The first-order chi connectivity index (χ1) is 6.48. The van der Waals surface area contributed by atoms with E-state index in [1.807, 2.05) is 13.8 Å². The zero-order valence-corrected chi connectivity index (χ0v) is 10.5. The maximum atomic E-state index is 12.1. The fourth-order valence-electron chi connectivity index (χ4n) is 2.66. The van der Waals surface area contributed by atoms with E-state index in [1.54, 1.807) is 0 Å². The molecule has 3 aliphatic rings. The van der Waals surface area contributed by atoms with Crippen LogP contribution >= 0.6 is 15.9 Å². The fraction of sp³-hybridized carbons (Fsp3) is 0.909. The molecule has 1 aliphatic carbocycles. The van der Waals surface area contributed by atoms with Crippen molar-refractivity contribution in [2.75, 3.05) is 6.54 Å². The van der Waals surface area contributed by atoms with Gasteiger partial charge in [-0.15, -0.1) is 0 Å². The first-order valence-electron chi connectivity index (χ1n) is 5.48. The van der Waals surface area contributed by atoms with E-state index < -0.39 is 0 Å². The summed E-state index contributed by atoms with van der Waals surface area (Å²) in [6, 6.07) is 0.532. The highest BCUT2D eigenvalue weighted by Crippen LogP contribution is 2.36. The fourth-order valence-corrected chi connectivity index (χ4v) is 2.88. The average molecular weight is 260 g/mol. The number of halogens is 1. The van der Waals surface area contributed by atoms with E-state index in [0.717, 1.165) is 12.5 Å². The molecule has 3 rings (SSSR count). The number of piperidine rings is 2. The zero-order valence-electron chi connectivity index (χ0n) is 8.92. The quantitative estimate of drug-likeness (QED) is 0.663. The van der Waals surface area contributed by atoms with Crippen molar-refractivity contribution in [3.63, 3.8) is 0 Å². The van der Waals surface area contributed by atoms with E-state index in [0.29, 0.717) is 6.04 Å². The minimum absolute atomic E-state index is 0.270. The highest BCUT2D eigenvalue weighted by Gasteiger charge is 2.40. The summed E-state index contributed by atoms with van der Waals surface area (Å²) in [5, 5.41) is 0. The van der Waals surface area contributed by atoms with Crippen LogP contribution in [-0.2, 0) is 4.79 Å². The van der Waals surface area contributed by atoms with Gasteiger partial charge < -0.3 is 4.90 Å². The molecule has 2 heterocycles. The molecule has 0 aromatic carbocycles. The van der Waals surface area contributed by atoms with E-state index in [-0.39, 0.29) is 10.2 Å². The van der Waals surface area contributed by atoms with Crippen molar-refractivity contribution in [3.05, 3.63) is 0 Å². The molecule has 1 amide bonds. The second-order valence-electron chi connectivity index (χ2n) is 5.10. The van der Waals surface area contributed by atoms with Crippen molar-refractivity contribution in [1.82, 2.24) is 4.90 Å². The summed E-state index contributed by atoms with van der Waals surface area (Å²) in [6.45, 7) is 4.88. The van der Waals surface area contributed by atoms with Gasteiger partial charge in [-0.05, 0) is 45.4 Å². The summed E-state index contributed by atoms with van der Waals surface area (Å²) in [7, 11) is 0. The van der Waals surface area contributed by atoms with Gasteiger partial charge in [0.05, 0.1) is 4.32 Å². The van der Waals surface area contributed by atoms with Gasteiger partial charge in [-0.1, -0.05) is 15.9 Å². The molecule has 2 bridgehead atoms. The van der Waals surface area contributed by atoms with Crippen molar-refractivity contribution < 1.29 is 4.79 Å². The molecule has 2 nitrogen and oxygen atoms in total. The third kappa shape index (κ3) is 1.83. The maximum absolute atomic E-state index is 12.1. The van der Waals surface area contributed by atoms with Crippen molar-refractivity contribution >= 4 is 21.8 Å². The molecule has 2 saturated heterocycles. The van der Waals surface area contributed by atoms with Crippen molar-refractivity contribution in [3.8, 4) is 0 Å². The Bertz CT molecular complexity index is 238. The lowest BCUT2D eigenvalue weighted by Gasteiger charge is -2.47. The predicted molar refractivity (Wildman–Crippen MR) is 60.5 cm³/mol.